The third kappa shape index (κ3) is 3.30. The molecule has 0 aliphatic heterocycles. The molecule has 114 valence electrons. The van der Waals surface area contributed by atoms with Crippen LogP contribution in [0.2, 0.25) is 0 Å². The predicted molar refractivity (Wildman–Crippen MR) is 78.8 cm³/mol. The minimum Gasteiger partial charge on any atom is -0.421 e. The van der Waals surface area contributed by atoms with Crippen LogP contribution >= 0.6 is 0 Å². The van der Waals surface area contributed by atoms with Gasteiger partial charge in [-0.1, -0.05) is 12.1 Å². The van der Waals surface area contributed by atoms with E-state index in [4.69, 9.17) is 4.42 Å². The van der Waals surface area contributed by atoms with E-state index in [9.17, 15) is 9.59 Å². The highest BCUT2D eigenvalue weighted by molar-refractivity contribution is 6.39. The van der Waals surface area contributed by atoms with Gasteiger partial charge in [-0.15, -0.1) is 10.2 Å². The van der Waals surface area contributed by atoms with Gasteiger partial charge in [0.1, 0.15) is 0 Å². The lowest BCUT2D eigenvalue weighted by atomic mass is 10.1. The Labute approximate surface area is 127 Å². The second-order valence-electron chi connectivity index (χ2n) is 5.28. The molecule has 0 spiro atoms. The van der Waals surface area contributed by atoms with E-state index in [0.717, 1.165) is 12.8 Å². The SMILES string of the molecule is Cc1nnc(-c2ccccc2NC(=O)C(=O)NCC2CC2)o1. The summed E-state index contributed by atoms with van der Waals surface area (Å²) in [6, 6.07) is 6.97. The lowest BCUT2D eigenvalue weighted by molar-refractivity contribution is -0.136. The van der Waals surface area contributed by atoms with Gasteiger partial charge in [0, 0.05) is 13.5 Å². The third-order valence-corrected chi connectivity index (χ3v) is 3.39. The second-order valence-corrected chi connectivity index (χ2v) is 5.28. The zero-order valence-corrected chi connectivity index (χ0v) is 12.1. The van der Waals surface area contributed by atoms with Crippen LogP contribution in [-0.2, 0) is 9.59 Å². The van der Waals surface area contributed by atoms with Gasteiger partial charge in [0.05, 0.1) is 11.3 Å². The Balaban J connectivity index is 1.71. The molecule has 0 bridgehead atoms. The molecular formula is C15H16N4O3. The fourth-order valence-corrected chi connectivity index (χ4v) is 2.00. The van der Waals surface area contributed by atoms with E-state index < -0.39 is 11.8 Å². The van der Waals surface area contributed by atoms with Crippen LogP contribution in [0, 0.1) is 12.8 Å². The number of nitrogens with zero attached hydrogens (tertiary/aromatic N) is 2. The number of aromatic nitrogens is 2. The Hall–Kier alpha value is -2.70. The standard InChI is InChI=1S/C15H16N4O3/c1-9-18-19-15(22-9)11-4-2-3-5-12(11)17-14(21)13(20)16-8-10-6-7-10/h2-5,10H,6-8H2,1H3,(H,16,20)(H,17,21). The lowest BCUT2D eigenvalue weighted by Crippen LogP contribution is -2.36. The van der Waals surface area contributed by atoms with Crippen LogP contribution in [0.5, 0.6) is 0 Å². The molecule has 1 aliphatic carbocycles. The average molecular weight is 300 g/mol. The van der Waals surface area contributed by atoms with Gasteiger partial charge in [-0.05, 0) is 30.9 Å². The van der Waals surface area contributed by atoms with Crippen LogP contribution in [-0.4, -0.2) is 28.6 Å². The molecule has 2 amide bonds. The highest BCUT2D eigenvalue weighted by Gasteiger charge is 2.24. The lowest BCUT2D eigenvalue weighted by Gasteiger charge is -2.08. The Bertz CT molecular complexity index is 706. The van der Waals surface area contributed by atoms with Crippen molar-refractivity contribution in [3.05, 3.63) is 30.2 Å². The van der Waals surface area contributed by atoms with E-state index in [-0.39, 0.29) is 0 Å². The summed E-state index contributed by atoms with van der Waals surface area (Å²) >= 11 is 0. The smallest absolute Gasteiger partial charge is 0.313 e. The number of para-hydroxylation sites is 1. The van der Waals surface area contributed by atoms with Crippen molar-refractivity contribution >= 4 is 17.5 Å². The van der Waals surface area contributed by atoms with Gasteiger partial charge in [-0.25, -0.2) is 0 Å². The van der Waals surface area contributed by atoms with E-state index in [1.807, 2.05) is 0 Å². The zero-order chi connectivity index (χ0) is 15.5. The monoisotopic (exact) mass is 300 g/mol. The summed E-state index contributed by atoms with van der Waals surface area (Å²) in [4.78, 5) is 23.7. The number of rotatable bonds is 4. The van der Waals surface area contributed by atoms with Crippen molar-refractivity contribution in [2.45, 2.75) is 19.8 Å². The second kappa shape index (κ2) is 5.97. The van der Waals surface area contributed by atoms with Gasteiger partial charge in [-0.2, -0.15) is 0 Å². The van der Waals surface area contributed by atoms with Crippen molar-refractivity contribution in [1.82, 2.24) is 15.5 Å². The predicted octanol–water partition coefficient (Wildman–Crippen LogP) is 1.51. The van der Waals surface area contributed by atoms with Gasteiger partial charge < -0.3 is 15.1 Å². The van der Waals surface area contributed by atoms with Gasteiger partial charge in [-0.3, -0.25) is 9.59 Å². The number of carbonyl (C=O) groups excluding carboxylic acids is 2. The highest BCUT2D eigenvalue weighted by Crippen LogP contribution is 2.28. The molecule has 0 radical (unpaired) electrons. The minimum absolute atomic E-state index is 0.298. The molecule has 1 saturated carbocycles. The van der Waals surface area contributed by atoms with Gasteiger partial charge in [0.15, 0.2) is 0 Å². The van der Waals surface area contributed by atoms with Crippen molar-refractivity contribution in [1.29, 1.82) is 0 Å². The van der Waals surface area contributed by atoms with Crippen LogP contribution in [0.15, 0.2) is 28.7 Å². The molecule has 2 aromatic rings. The van der Waals surface area contributed by atoms with Crippen LogP contribution in [0.3, 0.4) is 0 Å². The summed E-state index contributed by atoms with van der Waals surface area (Å²) in [5.74, 6) is -0.0942. The van der Waals surface area contributed by atoms with Crippen molar-refractivity contribution < 1.29 is 14.0 Å². The summed E-state index contributed by atoms with van der Waals surface area (Å²) in [7, 11) is 0. The molecule has 0 saturated heterocycles. The van der Waals surface area contributed by atoms with E-state index >= 15 is 0 Å². The summed E-state index contributed by atoms with van der Waals surface area (Å²) in [5.41, 5.74) is 1.03. The summed E-state index contributed by atoms with van der Waals surface area (Å²) in [6.07, 6.45) is 2.22. The van der Waals surface area contributed by atoms with E-state index in [0.29, 0.717) is 35.5 Å². The number of aryl methyl sites for hydroxylation is 1. The first-order chi connectivity index (χ1) is 10.6. The molecule has 1 aliphatic rings. The van der Waals surface area contributed by atoms with Crippen LogP contribution in [0.25, 0.3) is 11.5 Å². The number of hydrogen-bond donors (Lipinski definition) is 2. The molecule has 22 heavy (non-hydrogen) atoms. The van der Waals surface area contributed by atoms with Crippen LogP contribution < -0.4 is 10.6 Å². The number of hydrogen-bond acceptors (Lipinski definition) is 5. The van der Waals surface area contributed by atoms with Crippen molar-refractivity contribution in [3.63, 3.8) is 0 Å². The summed E-state index contributed by atoms with van der Waals surface area (Å²) in [6.45, 7) is 2.24. The fraction of sp³-hybridized carbons (Fsp3) is 0.333. The van der Waals surface area contributed by atoms with Crippen LogP contribution in [0.1, 0.15) is 18.7 Å². The Morgan fingerprint density at radius 2 is 2.00 bits per heavy atom. The number of benzene rings is 1. The molecular weight excluding hydrogens is 284 g/mol. The third-order valence-electron chi connectivity index (χ3n) is 3.39. The van der Waals surface area contributed by atoms with Gasteiger partial charge >= 0.3 is 11.8 Å². The first-order valence-corrected chi connectivity index (χ1v) is 7.12. The minimum atomic E-state index is -0.704. The topological polar surface area (TPSA) is 97.1 Å². The molecule has 3 rings (SSSR count). The van der Waals surface area contributed by atoms with Gasteiger partial charge in [0.25, 0.3) is 0 Å². The van der Waals surface area contributed by atoms with Crippen molar-refractivity contribution in [2.24, 2.45) is 5.92 Å². The zero-order valence-electron chi connectivity index (χ0n) is 12.1. The number of carbonyl (C=O) groups is 2. The van der Waals surface area contributed by atoms with Gasteiger partial charge in [0.2, 0.25) is 11.8 Å². The Morgan fingerprint density at radius 1 is 1.23 bits per heavy atom. The molecule has 7 heteroatoms. The highest BCUT2D eigenvalue weighted by atomic mass is 16.4. The maximum absolute atomic E-state index is 11.9. The molecule has 0 unspecified atom stereocenters. The van der Waals surface area contributed by atoms with Crippen molar-refractivity contribution in [3.8, 4) is 11.5 Å². The molecule has 1 heterocycles. The normalized spacial score (nSPS) is 13.7. The number of nitrogens with one attached hydrogen (secondary N) is 2. The van der Waals surface area contributed by atoms with Crippen LogP contribution in [0.4, 0.5) is 5.69 Å². The first-order valence-electron chi connectivity index (χ1n) is 7.12. The quantitative estimate of drug-likeness (QED) is 0.834. The summed E-state index contributed by atoms with van der Waals surface area (Å²) in [5, 5.41) is 12.9. The maximum Gasteiger partial charge on any atom is 0.313 e. The number of anilines is 1. The molecule has 1 aromatic carbocycles. The molecule has 0 atom stereocenters. The van der Waals surface area contributed by atoms with E-state index in [1.54, 1.807) is 31.2 Å². The molecule has 7 nitrogen and oxygen atoms in total. The number of amides is 2. The Kier molecular flexibility index (Phi) is 3.86. The summed E-state index contributed by atoms with van der Waals surface area (Å²) < 4.78 is 5.37. The van der Waals surface area contributed by atoms with E-state index in [1.165, 1.54) is 0 Å². The molecule has 1 fully saturated rings. The first kappa shape index (κ1) is 14.2. The Morgan fingerprint density at radius 3 is 2.68 bits per heavy atom. The largest absolute Gasteiger partial charge is 0.421 e. The van der Waals surface area contributed by atoms with E-state index in [2.05, 4.69) is 20.8 Å². The van der Waals surface area contributed by atoms with Crippen molar-refractivity contribution in [2.75, 3.05) is 11.9 Å². The maximum atomic E-state index is 11.9. The fourth-order valence-electron chi connectivity index (χ4n) is 2.00. The molecule has 2 N–H and O–H groups in total. The average Bonchev–Trinajstić information content (AvgIpc) is 3.25. The molecule has 1 aromatic heterocycles.